The van der Waals surface area contributed by atoms with E-state index in [0.717, 1.165) is 0 Å². The summed E-state index contributed by atoms with van der Waals surface area (Å²) in [5, 5.41) is 8.02. The lowest BCUT2D eigenvalue weighted by molar-refractivity contribution is -0.118. The first kappa shape index (κ1) is 18.3. The molecule has 0 aromatic heterocycles. The summed E-state index contributed by atoms with van der Waals surface area (Å²) in [5.74, 6) is -0.402. The third kappa shape index (κ3) is 5.23. The molecule has 2 rings (SSSR count). The number of anilines is 1. The van der Waals surface area contributed by atoms with Crippen LogP contribution in [0.5, 0.6) is 0 Å². The Hall–Kier alpha value is -2.09. The van der Waals surface area contributed by atoms with Gasteiger partial charge in [-0.15, -0.1) is 0 Å². The molecule has 2 atom stereocenters. The number of carbonyl (C=O) groups is 2. The topological polar surface area (TPSA) is 104 Å². The minimum absolute atomic E-state index is 0.0526. The van der Waals surface area contributed by atoms with E-state index in [1.54, 1.807) is 24.3 Å². The number of para-hydroxylation sites is 1. The molecular formula is C16H23N3O4S. The molecule has 1 aliphatic heterocycles. The van der Waals surface area contributed by atoms with Crippen molar-refractivity contribution in [2.75, 3.05) is 16.8 Å². The Bertz CT molecular complexity index is 689. The lowest BCUT2D eigenvalue weighted by Gasteiger charge is -2.23. The lowest BCUT2D eigenvalue weighted by atomic mass is 10.0. The molecule has 0 bridgehead atoms. The van der Waals surface area contributed by atoms with Crippen molar-refractivity contribution in [1.82, 2.24) is 10.6 Å². The molecule has 3 N–H and O–H groups in total. The average Bonchev–Trinajstić information content (AvgIpc) is 2.84. The smallest absolute Gasteiger partial charge is 0.315 e. The van der Waals surface area contributed by atoms with Crippen molar-refractivity contribution in [3.8, 4) is 0 Å². The Morgan fingerprint density at radius 2 is 1.83 bits per heavy atom. The number of hydrogen-bond acceptors (Lipinski definition) is 4. The van der Waals surface area contributed by atoms with Crippen molar-refractivity contribution in [1.29, 1.82) is 0 Å². The van der Waals surface area contributed by atoms with Gasteiger partial charge in [0.1, 0.15) is 6.04 Å². The van der Waals surface area contributed by atoms with Crippen molar-refractivity contribution in [2.24, 2.45) is 5.92 Å². The van der Waals surface area contributed by atoms with E-state index in [1.807, 2.05) is 19.9 Å². The van der Waals surface area contributed by atoms with Gasteiger partial charge in [0.15, 0.2) is 9.84 Å². The first-order valence-electron chi connectivity index (χ1n) is 7.90. The van der Waals surface area contributed by atoms with Gasteiger partial charge in [-0.25, -0.2) is 13.2 Å². The minimum Gasteiger partial charge on any atom is -0.334 e. The third-order valence-corrected chi connectivity index (χ3v) is 5.61. The van der Waals surface area contributed by atoms with Crippen LogP contribution in [0.25, 0.3) is 0 Å². The molecule has 0 spiro atoms. The standard InChI is InChI=1S/C16H23N3O4S/c1-11(2)14(15(20)17-12-6-4-3-5-7-12)19-16(21)18-13-8-9-24(22,23)10-13/h3-7,11,13-14H,8-10H2,1-2H3,(H,17,20)(H2,18,19,21)/t13?,14-/m1/s1. The summed E-state index contributed by atoms with van der Waals surface area (Å²) in [6.45, 7) is 3.66. The first-order valence-corrected chi connectivity index (χ1v) is 9.72. The van der Waals surface area contributed by atoms with E-state index in [-0.39, 0.29) is 23.3 Å². The van der Waals surface area contributed by atoms with Crippen LogP contribution in [0.2, 0.25) is 0 Å². The molecule has 8 heteroatoms. The van der Waals surface area contributed by atoms with Crippen molar-refractivity contribution in [2.45, 2.75) is 32.4 Å². The second-order valence-corrected chi connectivity index (χ2v) is 8.52. The van der Waals surface area contributed by atoms with E-state index in [4.69, 9.17) is 0 Å². The van der Waals surface area contributed by atoms with Gasteiger partial charge < -0.3 is 16.0 Å². The van der Waals surface area contributed by atoms with E-state index in [2.05, 4.69) is 16.0 Å². The van der Waals surface area contributed by atoms with E-state index < -0.39 is 28.0 Å². The normalized spacial score (nSPS) is 20.4. The van der Waals surface area contributed by atoms with Crippen molar-refractivity contribution < 1.29 is 18.0 Å². The molecule has 1 aromatic carbocycles. The summed E-state index contributed by atoms with van der Waals surface area (Å²) in [7, 11) is -3.06. The lowest BCUT2D eigenvalue weighted by Crippen LogP contribution is -2.52. The van der Waals surface area contributed by atoms with Gasteiger partial charge in [-0.1, -0.05) is 32.0 Å². The highest BCUT2D eigenvalue weighted by Gasteiger charge is 2.30. The van der Waals surface area contributed by atoms with Crippen LogP contribution in [0.1, 0.15) is 20.3 Å². The largest absolute Gasteiger partial charge is 0.334 e. The van der Waals surface area contributed by atoms with Crippen LogP contribution < -0.4 is 16.0 Å². The fourth-order valence-corrected chi connectivity index (χ4v) is 4.23. The third-order valence-electron chi connectivity index (χ3n) is 3.84. The minimum atomic E-state index is -3.06. The van der Waals surface area contributed by atoms with Crippen LogP contribution in [0, 0.1) is 5.92 Å². The molecule has 1 unspecified atom stereocenters. The molecule has 1 saturated heterocycles. The van der Waals surface area contributed by atoms with Gasteiger partial charge in [0.25, 0.3) is 0 Å². The van der Waals surface area contributed by atoms with Crippen molar-refractivity contribution in [3.63, 3.8) is 0 Å². The number of benzene rings is 1. The number of urea groups is 1. The van der Waals surface area contributed by atoms with Gasteiger partial charge in [0.05, 0.1) is 11.5 Å². The molecule has 1 aliphatic rings. The average molecular weight is 353 g/mol. The molecule has 1 aromatic rings. The maximum Gasteiger partial charge on any atom is 0.315 e. The Balaban J connectivity index is 1.93. The highest BCUT2D eigenvalue weighted by molar-refractivity contribution is 7.91. The van der Waals surface area contributed by atoms with Crippen LogP contribution in [0.15, 0.2) is 30.3 Å². The second-order valence-electron chi connectivity index (χ2n) is 6.29. The summed E-state index contributed by atoms with van der Waals surface area (Å²) in [4.78, 5) is 24.5. The van der Waals surface area contributed by atoms with E-state index in [0.29, 0.717) is 12.1 Å². The highest BCUT2D eigenvalue weighted by Crippen LogP contribution is 2.12. The van der Waals surface area contributed by atoms with Gasteiger partial charge in [0, 0.05) is 11.7 Å². The SMILES string of the molecule is CC(C)[C@@H](NC(=O)NC1CCS(=O)(=O)C1)C(=O)Nc1ccccc1. The highest BCUT2D eigenvalue weighted by atomic mass is 32.2. The van der Waals surface area contributed by atoms with E-state index in [1.165, 1.54) is 0 Å². The Kier molecular flexibility index (Phi) is 5.82. The molecule has 0 radical (unpaired) electrons. The summed E-state index contributed by atoms with van der Waals surface area (Å²) >= 11 is 0. The maximum atomic E-state index is 12.4. The van der Waals surface area contributed by atoms with E-state index >= 15 is 0 Å². The van der Waals surface area contributed by atoms with Gasteiger partial charge in [-0.2, -0.15) is 0 Å². The zero-order chi connectivity index (χ0) is 17.7. The summed E-state index contributed by atoms with van der Waals surface area (Å²) in [6, 6.07) is 7.33. The molecule has 132 valence electrons. The molecular weight excluding hydrogens is 330 g/mol. The van der Waals surface area contributed by atoms with Crippen LogP contribution in [-0.2, 0) is 14.6 Å². The van der Waals surface area contributed by atoms with Gasteiger partial charge in [0.2, 0.25) is 5.91 Å². The Morgan fingerprint density at radius 1 is 1.17 bits per heavy atom. The summed E-state index contributed by atoms with van der Waals surface area (Å²) in [6.07, 6.45) is 0.401. The zero-order valence-corrected chi connectivity index (χ0v) is 14.6. The fourth-order valence-electron chi connectivity index (χ4n) is 2.55. The first-order chi connectivity index (χ1) is 11.3. The van der Waals surface area contributed by atoms with Crippen LogP contribution in [0.3, 0.4) is 0 Å². The second kappa shape index (κ2) is 7.65. The molecule has 1 heterocycles. The van der Waals surface area contributed by atoms with Crippen LogP contribution >= 0.6 is 0 Å². The van der Waals surface area contributed by atoms with Gasteiger partial charge >= 0.3 is 6.03 Å². The number of nitrogens with one attached hydrogen (secondary N) is 3. The maximum absolute atomic E-state index is 12.4. The van der Waals surface area contributed by atoms with E-state index in [9.17, 15) is 18.0 Å². The number of carbonyl (C=O) groups excluding carboxylic acids is 2. The fraction of sp³-hybridized carbons (Fsp3) is 0.500. The molecule has 0 aliphatic carbocycles. The monoisotopic (exact) mass is 353 g/mol. The molecule has 3 amide bonds. The summed E-state index contributed by atoms with van der Waals surface area (Å²) < 4.78 is 22.9. The Labute approximate surface area is 142 Å². The number of hydrogen-bond donors (Lipinski definition) is 3. The zero-order valence-electron chi connectivity index (χ0n) is 13.8. The number of rotatable bonds is 5. The summed E-state index contributed by atoms with van der Waals surface area (Å²) in [5.41, 5.74) is 0.650. The molecule has 7 nitrogen and oxygen atoms in total. The van der Waals surface area contributed by atoms with Crippen LogP contribution in [0.4, 0.5) is 10.5 Å². The van der Waals surface area contributed by atoms with Gasteiger partial charge in [-0.3, -0.25) is 4.79 Å². The molecule has 1 fully saturated rings. The van der Waals surface area contributed by atoms with Crippen LogP contribution in [-0.4, -0.2) is 43.9 Å². The molecule has 0 saturated carbocycles. The quantitative estimate of drug-likeness (QED) is 0.738. The van der Waals surface area contributed by atoms with Gasteiger partial charge in [-0.05, 0) is 24.5 Å². The Morgan fingerprint density at radius 3 is 2.38 bits per heavy atom. The number of sulfone groups is 1. The van der Waals surface area contributed by atoms with Crippen molar-refractivity contribution in [3.05, 3.63) is 30.3 Å². The molecule has 24 heavy (non-hydrogen) atoms. The predicted octanol–water partition coefficient (Wildman–Crippen LogP) is 1.14. The number of amides is 3. The predicted molar refractivity (Wildman–Crippen MR) is 92.4 cm³/mol. The van der Waals surface area contributed by atoms with Crippen molar-refractivity contribution >= 4 is 27.5 Å².